The van der Waals surface area contributed by atoms with E-state index in [1.165, 1.54) is 37.8 Å². The van der Waals surface area contributed by atoms with Gasteiger partial charge < -0.3 is 72.9 Å². The monoisotopic (exact) mass is 1220 g/mol. The van der Waals surface area contributed by atoms with Crippen LogP contribution in [0.2, 0.25) is 0 Å². The molecule has 0 aliphatic rings. The molecule has 14 N–H and O–H groups in total. The molecule has 1 unspecified atom stereocenters. The molecule has 5 atom stereocenters. The minimum Gasteiger partial charge on any atom is -0.508 e. The molecule has 0 spiro atoms. The second kappa shape index (κ2) is 47.3. The lowest BCUT2D eigenvalue weighted by Crippen LogP contribution is -2.49. The van der Waals surface area contributed by atoms with Crippen molar-refractivity contribution >= 4 is 57.4 Å². The van der Waals surface area contributed by atoms with Gasteiger partial charge in [-0.1, -0.05) is 110 Å². The highest BCUT2D eigenvalue weighted by Crippen LogP contribution is 2.25. The highest BCUT2D eigenvalue weighted by molar-refractivity contribution is 7.85. The maximum Gasteiger partial charge on any atom is 0.326 e. The fourth-order valence-electron chi connectivity index (χ4n) is 8.99. The minimum atomic E-state index is -3.85. The van der Waals surface area contributed by atoms with Gasteiger partial charge in [0.2, 0.25) is 29.5 Å². The number of carboxylic acid groups (broad SMARTS) is 1. The van der Waals surface area contributed by atoms with Gasteiger partial charge in [0.25, 0.3) is 10.1 Å². The number of aliphatic carboxylic acids is 1. The summed E-state index contributed by atoms with van der Waals surface area (Å²) in [7, 11) is -3.85. The van der Waals surface area contributed by atoms with Crippen molar-refractivity contribution in [2.24, 2.45) is 39.9 Å². The topological polar surface area (TPSA) is 402 Å². The standard InChI is InChI=1S/C58H101N9O16S.5H2/c1-43(54(72)45(3)48(22-19-30-65-58(60)61)56(74)67-50(55(59)73)40-46-23-25-47(68)26-24-46)20-16-17-29-62-52(70)41-82-37-36-81-34-32-64-53(71)42-83-38-35-80-33-31-63-51(69)28-27-49(57(75)76)66-44(2)21-15-13-11-9-7-5-4-6-8-10-12-14-18-39-84(77,78)79;;;;;/h23-26,43,45,48-50,66,68H,2,4-22,27-42H2,1,3H3,(H2,59,73)(H,62,70)(H,63,69)(H,64,71)(H,67,74)(H,75,76)(H4,60,61,65)(H,77,78,79);5*1H/t43-,45?,48+,49-,50-;;;;;/m0...../s1. The van der Waals surface area contributed by atoms with Gasteiger partial charge in [0.15, 0.2) is 5.96 Å². The molecule has 0 radical (unpaired) electrons. The molecule has 1 aromatic carbocycles. The summed E-state index contributed by atoms with van der Waals surface area (Å²) in [6.45, 7) is 9.31. The number of aromatic hydroxyl groups is 1. The maximum atomic E-state index is 13.6. The number of carbonyl (C=O) groups excluding carboxylic acids is 6. The second-order valence-corrected chi connectivity index (χ2v) is 22.7. The van der Waals surface area contributed by atoms with Crippen LogP contribution in [-0.4, -0.2) is 167 Å². The number of hydrogen-bond acceptors (Lipinski definition) is 16. The number of benzene rings is 1. The maximum absolute atomic E-state index is 13.6. The highest BCUT2D eigenvalue weighted by atomic mass is 32.2. The number of carboxylic acids is 1. The number of nitrogens with zero attached hydrogens (tertiary/aromatic N) is 1. The van der Waals surface area contributed by atoms with Gasteiger partial charge in [-0.05, 0) is 69.1 Å². The lowest BCUT2D eigenvalue weighted by molar-refractivity contribution is -0.139. The lowest BCUT2D eigenvalue weighted by Gasteiger charge is -2.26. The fourth-order valence-corrected chi connectivity index (χ4v) is 9.56. The molecule has 0 saturated carbocycles. The number of nitrogens with two attached hydrogens (primary N) is 3. The minimum absolute atomic E-state index is 0. The number of aliphatic imine (C=N–C) groups is 1. The van der Waals surface area contributed by atoms with Crippen LogP contribution in [0.1, 0.15) is 161 Å². The van der Waals surface area contributed by atoms with Gasteiger partial charge in [0.1, 0.15) is 36.8 Å². The normalized spacial score (nSPS) is 13.1. The molecule has 84 heavy (non-hydrogen) atoms. The number of ether oxygens (including phenoxy) is 4. The van der Waals surface area contributed by atoms with Crippen molar-refractivity contribution in [1.82, 2.24) is 26.6 Å². The van der Waals surface area contributed by atoms with Crippen LogP contribution in [0.25, 0.3) is 0 Å². The first-order valence-electron chi connectivity index (χ1n) is 29.8. The Kier molecular flexibility index (Phi) is 42.9. The number of ketones is 1. The van der Waals surface area contributed by atoms with E-state index in [0.717, 1.165) is 51.4 Å². The average molecular weight is 1220 g/mol. The predicted octanol–water partition coefficient (Wildman–Crippen LogP) is 4.92. The number of unbranched alkanes of at least 4 members (excludes halogenated alkanes) is 13. The summed E-state index contributed by atoms with van der Waals surface area (Å²) in [4.78, 5) is 92.1. The molecular formula is C58H111N9O16S. The molecule has 1 aromatic rings. The Morgan fingerprint density at radius 2 is 1.12 bits per heavy atom. The van der Waals surface area contributed by atoms with E-state index in [-0.39, 0.29) is 152 Å². The smallest absolute Gasteiger partial charge is 0.326 e. The third-order valence-electron chi connectivity index (χ3n) is 13.8. The van der Waals surface area contributed by atoms with Crippen LogP contribution in [0, 0.1) is 17.8 Å². The van der Waals surface area contributed by atoms with Gasteiger partial charge in [-0.3, -0.25) is 38.3 Å². The SMILES string of the molecule is C=C(CCCCCCCCCCCCCCCS(=O)(=O)O)N[C@@H](CCC(=O)NCCOCCOCC(=O)NCCOCCOCC(=O)NCCCC[C@H](C)C(=O)C(C)[C@@H](CCCN=C(N)N)C(=O)N[C@@H](Cc1ccc(O)cc1)C(N)=O)C(=O)O.[HH].[HH].[HH].[HH].[HH]. The van der Waals surface area contributed by atoms with Crippen molar-refractivity contribution in [1.29, 1.82) is 0 Å². The molecule has 0 aromatic heterocycles. The fraction of sp³-hybridized carbons (Fsp3) is 0.724. The van der Waals surface area contributed by atoms with E-state index in [0.29, 0.717) is 56.3 Å². The Hall–Kier alpha value is -5.93. The number of phenols is 1. The van der Waals surface area contributed by atoms with Gasteiger partial charge >= 0.3 is 5.97 Å². The van der Waals surface area contributed by atoms with E-state index < -0.39 is 51.8 Å². The highest BCUT2D eigenvalue weighted by Gasteiger charge is 2.34. The van der Waals surface area contributed by atoms with Crippen molar-refractivity contribution in [3.05, 3.63) is 42.1 Å². The third kappa shape index (κ3) is 42.0. The Bertz CT molecular complexity index is 2230. The van der Waals surface area contributed by atoms with Gasteiger partial charge in [0.05, 0.1) is 45.4 Å². The van der Waals surface area contributed by atoms with Crippen LogP contribution in [0.3, 0.4) is 0 Å². The Balaban J connectivity index is -0.00000470. The van der Waals surface area contributed by atoms with E-state index in [1.807, 2.05) is 0 Å². The largest absolute Gasteiger partial charge is 0.508 e. The molecular weight excluding hydrogens is 1110 g/mol. The first-order valence-corrected chi connectivity index (χ1v) is 31.4. The molecule has 26 heteroatoms. The van der Waals surface area contributed by atoms with Gasteiger partial charge in [-0.15, -0.1) is 0 Å². The van der Waals surface area contributed by atoms with Crippen LogP contribution in [0.5, 0.6) is 5.75 Å². The first kappa shape index (κ1) is 76.1. The average Bonchev–Trinajstić information content (AvgIpc) is 2.99. The van der Waals surface area contributed by atoms with Crippen molar-refractivity contribution in [2.45, 2.75) is 167 Å². The third-order valence-corrected chi connectivity index (χ3v) is 14.6. The van der Waals surface area contributed by atoms with Crippen molar-refractivity contribution in [2.75, 3.05) is 84.8 Å². The van der Waals surface area contributed by atoms with E-state index in [1.54, 1.807) is 26.0 Å². The van der Waals surface area contributed by atoms with Crippen LogP contribution in [0.15, 0.2) is 41.5 Å². The summed E-state index contributed by atoms with van der Waals surface area (Å²) in [5.41, 5.74) is 17.9. The molecule has 0 aliphatic heterocycles. The number of hydrogen-bond donors (Lipinski definition) is 11. The number of rotatable bonds is 55. The van der Waals surface area contributed by atoms with Crippen LogP contribution < -0.4 is 43.8 Å². The Labute approximate surface area is 505 Å². The number of allylic oxidation sites excluding steroid dienone is 1. The van der Waals surface area contributed by atoms with Crippen LogP contribution in [-0.2, 0) is 69.0 Å². The zero-order valence-corrected chi connectivity index (χ0v) is 50.7. The summed E-state index contributed by atoms with van der Waals surface area (Å²) in [5.74, 6) is -5.42. The van der Waals surface area contributed by atoms with Crippen molar-refractivity contribution in [3.8, 4) is 5.75 Å². The quantitative estimate of drug-likeness (QED) is 0.0178. The number of guanidine groups is 1. The molecule has 0 saturated heterocycles. The summed E-state index contributed by atoms with van der Waals surface area (Å²) in [6.07, 6.45) is 16.8. The number of phenolic OH excluding ortho intramolecular Hbond substituents is 1. The second-order valence-electron chi connectivity index (χ2n) is 21.2. The van der Waals surface area contributed by atoms with E-state index in [9.17, 15) is 52.2 Å². The zero-order valence-electron chi connectivity index (χ0n) is 49.9. The number of Topliss-reactive ketones (excluding diaryl/α,β-unsaturated/α-hetero) is 1. The van der Waals surface area contributed by atoms with E-state index >= 15 is 0 Å². The van der Waals surface area contributed by atoms with Gasteiger partial charge in [0, 0.05) is 69.6 Å². The molecule has 490 valence electrons. The number of carbonyl (C=O) groups is 7. The van der Waals surface area contributed by atoms with Crippen molar-refractivity contribution < 1.29 is 82.8 Å². The van der Waals surface area contributed by atoms with E-state index in [4.69, 9.17) is 40.7 Å². The number of primary amides is 1. The van der Waals surface area contributed by atoms with E-state index in [2.05, 4.69) is 38.2 Å². The summed E-state index contributed by atoms with van der Waals surface area (Å²) >= 11 is 0. The molecule has 0 bridgehead atoms. The molecule has 0 heterocycles. The molecule has 0 fully saturated rings. The summed E-state index contributed by atoms with van der Waals surface area (Å²) < 4.78 is 51.9. The molecule has 5 amide bonds. The zero-order chi connectivity index (χ0) is 62.4. The molecule has 0 aliphatic carbocycles. The summed E-state index contributed by atoms with van der Waals surface area (Å²) in [6, 6.07) is 4.21. The molecule has 25 nitrogen and oxygen atoms in total. The van der Waals surface area contributed by atoms with Gasteiger partial charge in [-0.2, -0.15) is 8.42 Å². The summed E-state index contributed by atoms with van der Waals surface area (Å²) in [5, 5.41) is 33.1. The van der Waals surface area contributed by atoms with Crippen LogP contribution >= 0.6 is 0 Å². The number of nitrogens with one attached hydrogen (secondary N) is 5. The first-order chi connectivity index (χ1) is 40.1. The Morgan fingerprint density at radius 3 is 1.64 bits per heavy atom. The van der Waals surface area contributed by atoms with Gasteiger partial charge in [-0.25, -0.2) is 4.79 Å². The van der Waals surface area contributed by atoms with Crippen molar-refractivity contribution in [3.63, 3.8) is 0 Å². The lowest BCUT2D eigenvalue weighted by atomic mass is 9.80. The predicted molar refractivity (Wildman–Crippen MR) is 330 cm³/mol. The Morgan fingerprint density at radius 1 is 0.607 bits per heavy atom. The molecule has 1 rings (SSSR count). The van der Waals surface area contributed by atoms with Crippen LogP contribution in [0.4, 0.5) is 0 Å². The number of amides is 5.